The lowest BCUT2D eigenvalue weighted by atomic mass is 9.75. The van der Waals surface area contributed by atoms with Crippen molar-refractivity contribution in [3.05, 3.63) is 83.9 Å². The summed E-state index contributed by atoms with van der Waals surface area (Å²) in [7, 11) is 0. The highest BCUT2D eigenvalue weighted by Crippen LogP contribution is 2.54. The van der Waals surface area contributed by atoms with Crippen LogP contribution in [0.2, 0.25) is 0 Å². The number of carboxylic acids is 1. The van der Waals surface area contributed by atoms with Crippen LogP contribution in [0, 0.1) is 11.8 Å². The molecule has 2 heterocycles. The van der Waals surface area contributed by atoms with Crippen LogP contribution in [0.15, 0.2) is 72.8 Å². The average molecular weight is 469 g/mol. The highest BCUT2D eigenvalue weighted by atomic mass is 16.4. The van der Waals surface area contributed by atoms with E-state index in [9.17, 15) is 19.5 Å². The molecule has 3 aromatic rings. The van der Waals surface area contributed by atoms with E-state index in [0.29, 0.717) is 5.56 Å². The third-order valence-corrected chi connectivity index (χ3v) is 8.26. The number of amides is 2. The second-order valence-corrected chi connectivity index (χ2v) is 10.0. The van der Waals surface area contributed by atoms with Crippen molar-refractivity contribution in [2.75, 3.05) is 0 Å². The van der Waals surface area contributed by atoms with E-state index >= 15 is 0 Å². The Morgan fingerprint density at radius 1 is 0.857 bits per heavy atom. The lowest BCUT2D eigenvalue weighted by molar-refractivity contribution is -0.153. The van der Waals surface area contributed by atoms with Crippen molar-refractivity contribution in [1.29, 1.82) is 0 Å². The van der Waals surface area contributed by atoms with E-state index < -0.39 is 29.4 Å². The van der Waals surface area contributed by atoms with Gasteiger partial charge in [0.1, 0.15) is 0 Å². The Labute approximate surface area is 203 Å². The Bertz CT molecular complexity index is 1310. The number of fused-ring (bicyclic) bond motifs is 2. The third kappa shape index (κ3) is 3.16. The molecular weight excluding hydrogens is 440 g/mol. The van der Waals surface area contributed by atoms with Gasteiger partial charge in [-0.2, -0.15) is 0 Å². The van der Waals surface area contributed by atoms with Gasteiger partial charge < -0.3 is 5.11 Å². The van der Waals surface area contributed by atoms with E-state index in [0.717, 1.165) is 48.4 Å². The van der Waals surface area contributed by atoms with E-state index in [-0.39, 0.29) is 17.9 Å². The summed E-state index contributed by atoms with van der Waals surface area (Å²) in [5, 5.41) is 16.0. The summed E-state index contributed by atoms with van der Waals surface area (Å²) in [5.74, 6) is -3.52. The van der Waals surface area contributed by atoms with E-state index in [1.54, 1.807) is 24.3 Å². The molecular formula is C29H28N2O4. The van der Waals surface area contributed by atoms with Crippen molar-refractivity contribution >= 4 is 28.6 Å². The average Bonchev–Trinajstić information content (AvgIpc) is 3.39. The minimum Gasteiger partial charge on any atom is -0.480 e. The summed E-state index contributed by atoms with van der Waals surface area (Å²) >= 11 is 0. The number of nitrogens with one attached hydrogen (secondary N) is 1. The molecule has 1 aliphatic carbocycles. The summed E-state index contributed by atoms with van der Waals surface area (Å²) in [5.41, 5.74) is -0.343. The Morgan fingerprint density at radius 2 is 1.54 bits per heavy atom. The molecule has 0 bridgehead atoms. The summed E-state index contributed by atoms with van der Waals surface area (Å²) in [6.07, 6.45) is 4.63. The van der Waals surface area contributed by atoms with Gasteiger partial charge in [0.2, 0.25) is 11.8 Å². The first-order valence-electron chi connectivity index (χ1n) is 12.4. The summed E-state index contributed by atoms with van der Waals surface area (Å²) in [6, 6.07) is 21.9. The highest BCUT2D eigenvalue weighted by Gasteiger charge is 2.69. The standard InChI is InChI=1S/C29H28N2O4/c32-26-23-24(27(33)31(26)20-14-5-2-6-15-20)29(28(34)35,19-12-3-1-4-13-19)30-25(23)22-17-9-11-18-10-7-8-16-21(18)22/h1,3-4,7-13,16-17,20,23-25,30H,2,5-6,14-15H2,(H,34,35). The van der Waals surface area contributed by atoms with Crippen LogP contribution < -0.4 is 5.32 Å². The van der Waals surface area contributed by atoms with Crippen LogP contribution in [0.3, 0.4) is 0 Å². The molecule has 178 valence electrons. The maximum Gasteiger partial charge on any atom is 0.329 e. The van der Waals surface area contributed by atoms with Crippen molar-refractivity contribution in [2.24, 2.45) is 11.8 Å². The van der Waals surface area contributed by atoms with Crippen LogP contribution in [0.1, 0.15) is 49.3 Å². The topological polar surface area (TPSA) is 86.7 Å². The predicted octanol–water partition coefficient (Wildman–Crippen LogP) is 4.40. The van der Waals surface area contributed by atoms with Gasteiger partial charge >= 0.3 is 5.97 Å². The van der Waals surface area contributed by atoms with Gasteiger partial charge in [-0.05, 0) is 34.7 Å². The van der Waals surface area contributed by atoms with Gasteiger partial charge in [-0.1, -0.05) is 92.1 Å². The Kier molecular flexibility index (Phi) is 5.22. The number of hydrogen-bond donors (Lipinski definition) is 2. The molecule has 3 fully saturated rings. The van der Waals surface area contributed by atoms with Crippen LogP contribution in [0.4, 0.5) is 0 Å². The predicted molar refractivity (Wildman–Crippen MR) is 131 cm³/mol. The number of aliphatic carboxylic acids is 1. The second-order valence-electron chi connectivity index (χ2n) is 10.0. The normalized spacial score (nSPS) is 29.0. The Hall–Kier alpha value is -3.51. The van der Waals surface area contributed by atoms with Gasteiger partial charge in [0.05, 0.1) is 11.8 Å². The van der Waals surface area contributed by atoms with Crippen molar-refractivity contribution < 1.29 is 19.5 Å². The van der Waals surface area contributed by atoms with Gasteiger partial charge in [-0.3, -0.25) is 19.8 Å². The smallest absolute Gasteiger partial charge is 0.329 e. The zero-order valence-electron chi connectivity index (χ0n) is 19.4. The summed E-state index contributed by atoms with van der Waals surface area (Å²) in [4.78, 5) is 42.6. The monoisotopic (exact) mass is 468 g/mol. The largest absolute Gasteiger partial charge is 0.480 e. The van der Waals surface area contributed by atoms with E-state index in [4.69, 9.17) is 0 Å². The van der Waals surface area contributed by atoms with Gasteiger partial charge in [-0.25, -0.2) is 4.79 Å². The number of carbonyl (C=O) groups excluding carboxylic acids is 2. The molecule has 6 heteroatoms. The maximum absolute atomic E-state index is 14.0. The zero-order valence-corrected chi connectivity index (χ0v) is 19.4. The number of likely N-dealkylation sites (tertiary alicyclic amines) is 1. The van der Waals surface area contributed by atoms with Gasteiger partial charge in [0.25, 0.3) is 0 Å². The molecule has 2 amide bonds. The first-order valence-corrected chi connectivity index (χ1v) is 12.4. The molecule has 0 aromatic heterocycles. The number of nitrogens with zero attached hydrogens (tertiary/aromatic N) is 1. The maximum atomic E-state index is 14.0. The number of imide groups is 1. The first kappa shape index (κ1) is 22.0. The number of benzene rings is 3. The van der Waals surface area contributed by atoms with Crippen molar-refractivity contribution in [3.8, 4) is 0 Å². The zero-order chi connectivity index (χ0) is 24.2. The molecule has 1 saturated carbocycles. The molecule has 3 aromatic carbocycles. The molecule has 4 atom stereocenters. The molecule has 0 radical (unpaired) electrons. The summed E-state index contributed by atoms with van der Waals surface area (Å²) < 4.78 is 0. The molecule has 4 unspecified atom stereocenters. The van der Waals surface area contributed by atoms with E-state index in [1.165, 1.54) is 4.90 Å². The Balaban J connectivity index is 1.56. The molecule has 6 rings (SSSR count). The van der Waals surface area contributed by atoms with Crippen LogP contribution in [-0.2, 0) is 19.9 Å². The van der Waals surface area contributed by atoms with E-state index in [2.05, 4.69) is 5.32 Å². The van der Waals surface area contributed by atoms with Crippen molar-refractivity contribution in [2.45, 2.75) is 49.7 Å². The molecule has 2 saturated heterocycles. The fourth-order valence-corrected chi connectivity index (χ4v) is 6.70. The van der Waals surface area contributed by atoms with Crippen molar-refractivity contribution in [3.63, 3.8) is 0 Å². The molecule has 2 N–H and O–H groups in total. The van der Waals surface area contributed by atoms with Crippen LogP contribution in [0.25, 0.3) is 10.8 Å². The lowest BCUT2D eigenvalue weighted by Crippen LogP contribution is -2.54. The molecule has 6 nitrogen and oxygen atoms in total. The Morgan fingerprint density at radius 3 is 2.29 bits per heavy atom. The quantitative estimate of drug-likeness (QED) is 0.555. The first-order chi connectivity index (χ1) is 17.0. The number of hydrogen-bond acceptors (Lipinski definition) is 4. The number of rotatable bonds is 4. The molecule has 35 heavy (non-hydrogen) atoms. The number of carbonyl (C=O) groups is 3. The lowest BCUT2D eigenvalue weighted by Gasteiger charge is -2.35. The van der Waals surface area contributed by atoms with Crippen LogP contribution in [-0.4, -0.2) is 33.8 Å². The fraction of sp³-hybridized carbons (Fsp3) is 0.345. The molecule has 2 aliphatic heterocycles. The third-order valence-electron chi connectivity index (χ3n) is 8.26. The summed E-state index contributed by atoms with van der Waals surface area (Å²) in [6.45, 7) is 0. The SMILES string of the molecule is O=C1C2C(c3cccc4ccccc34)NC(C(=O)O)(c3ccccc3)C2C(=O)N1C1CCCCC1. The highest BCUT2D eigenvalue weighted by molar-refractivity contribution is 6.10. The van der Waals surface area contributed by atoms with E-state index in [1.807, 2.05) is 48.5 Å². The van der Waals surface area contributed by atoms with Crippen molar-refractivity contribution in [1.82, 2.24) is 10.2 Å². The number of carboxylic acid groups (broad SMARTS) is 1. The second kappa shape index (κ2) is 8.31. The molecule has 0 spiro atoms. The van der Waals surface area contributed by atoms with Crippen LogP contribution in [0.5, 0.6) is 0 Å². The minimum absolute atomic E-state index is 0.148. The molecule has 3 aliphatic rings. The minimum atomic E-state index is -1.69. The van der Waals surface area contributed by atoms with Gasteiger partial charge in [0.15, 0.2) is 5.54 Å². The van der Waals surface area contributed by atoms with Gasteiger partial charge in [-0.15, -0.1) is 0 Å². The van der Waals surface area contributed by atoms with Crippen LogP contribution >= 0.6 is 0 Å². The van der Waals surface area contributed by atoms with Gasteiger partial charge in [0, 0.05) is 12.1 Å². The fourth-order valence-electron chi connectivity index (χ4n) is 6.70.